The van der Waals surface area contributed by atoms with E-state index < -0.39 is 0 Å². The van der Waals surface area contributed by atoms with E-state index in [0.29, 0.717) is 6.54 Å². The fraction of sp³-hybridized carbons (Fsp3) is 0.333. The van der Waals surface area contributed by atoms with Gasteiger partial charge in [0.15, 0.2) is 0 Å². The van der Waals surface area contributed by atoms with Gasteiger partial charge in [-0.15, -0.1) is 0 Å². The van der Waals surface area contributed by atoms with Crippen molar-refractivity contribution in [3.63, 3.8) is 0 Å². The van der Waals surface area contributed by atoms with E-state index in [2.05, 4.69) is 15.0 Å². The zero-order chi connectivity index (χ0) is 11.4. The predicted molar refractivity (Wildman–Crippen MR) is 62.9 cm³/mol. The van der Waals surface area contributed by atoms with Crippen LogP contribution in [-0.2, 0) is 19.4 Å². The maximum Gasteiger partial charge on any atom is 0.103 e. The number of pyridine rings is 1. The van der Waals surface area contributed by atoms with Gasteiger partial charge in [0.2, 0.25) is 0 Å². The maximum absolute atomic E-state index is 5.65. The van der Waals surface area contributed by atoms with Gasteiger partial charge in [-0.2, -0.15) is 0 Å². The molecule has 0 aliphatic carbocycles. The summed E-state index contributed by atoms with van der Waals surface area (Å²) in [6.45, 7) is 2.47. The predicted octanol–water partition coefficient (Wildman–Crippen LogP) is 1.36. The number of nitrogens with zero attached hydrogens (tertiary/aromatic N) is 2. The van der Waals surface area contributed by atoms with E-state index in [0.717, 1.165) is 30.1 Å². The van der Waals surface area contributed by atoms with Crippen molar-refractivity contribution in [1.29, 1.82) is 0 Å². The van der Waals surface area contributed by atoms with Gasteiger partial charge < -0.3 is 10.7 Å². The number of aromatic nitrogens is 3. The van der Waals surface area contributed by atoms with Crippen molar-refractivity contribution in [2.45, 2.75) is 26.3 Å². The molecular weight excluding hydrogens is 200 g/mol. The molecule has 16 heavy (non-hydrogen) atoms. The molecule has 2 rings (SSSR count). The van der Waals surface area contributed by atoms with Crippen LogP contribution in [0.15, 0.2) is 24.5 Å². The molecule has 2 aromatic heterocycles. The van der Waals surface area contributed by atoms with Gasteiger partial charge in [-0.25, -0.2) is 4.98 Å². The number of aromatic amines is 1. The average molecular weight is 216 g/mol. The lowest BCUT2D eigenvalue weighted by molar-refractivity contribution is 0.882. The largest absolute Gasteiger partial charge is 0.345 e. The number of nitrogens with one attached hydrogen (secondary N) is 1. The monoisotopic (exact) mass is 216 g/mol. The van der Waals surface area contributed by atoms with Gasteiger partial charge in [0.1, 0.15) is 5.82 Å². The molecule has 84 valence electrons. The number of rotatable bonds is 4. The van der Waals surface area contributed by atoms with Crippen molar-refractivity contribution < 1.29 is 0 Å². The van der Waals surface area contributed by atoms with E-state index in [1.54, 1.807) is 0 Å². The molecule has 0 aliphatic rings. The number of imidazole rings is 1. The summed E-state index contributed by atoms with van der Waals surface area (Å²) in [7, 11) is 0. The Hall–Kier alpha value is -1.68. The summed E-state index contributed by atoms with van der Waals surface area (Å²) < 4.78 is 0. The molecule has 2 aromatic rings. The molecule has 0 spiro atoms. The number of nitrogens with two attached hydrogens (primary N) is 1. The molecule has 0 bridgehead atoms. The Morgan fingerprint density at radius 3 is 2.69 bits per heavy atom. The van der Waals surface area contributed by atoms with Crippen LogP contribution < -0.4 is 5.73 Å². The fourth-order valence-corrected chi connectivity index (χ4v) is 1.78. The van der Waals surface area contributed by atoms with Crippen LogP contribution in [0.2, 0.25) is 0 Å². The summed E-state index contributed by atoms with van der Waals surface area (Å²) in [5, 5.41) is 0. The minimum Gasteiger partial charge on any atom is -0.345 e. The van der Waals surface area contributed by atoms with E-state index in [-0.39, 0.29) is 0 Å². The third kappa shape index (κ3) is 2.46. The van der Waals surface area contributed by atoms with E-state index in [9.17, 15) is 0 Å². The van der Waals surface area contributed by atoms with Gasteiger partial charge in [0.25, 0.3) is 0 Å². The van der Waals surface area contributed by atoms with Crippen LogP contribution >= 0.6 is 0 Å². The van der Waals surface area contributed by atoms with Gasteiger partial charge in [-0.3, -0.25) is 4.98 Å². The molecular formula is C12H16N4. The van der Waals surface area contributed by atoms with Crippen molar-refractivity contribution in [2.75, 3.05) is 0 Å². The number of hydrogen-bond acceptors (Lipinski definition) is 3. The van der Waals surface area contributed by atoms with Crippen molar-refractivity contribution >= 4 is 0 Å². The molecule has 2 heterocycles. The Morgan fingerprint density at radius 2 is 2.00 bits per heavy atom. The quantitative estimate of drug-likeness (QED) is 0.810. The zero-order valence-electron chi connectivity index (χ0n) is 9.40. The van der Waals surface area contributed by atoms with Crippen LogP contribution in [-0.4, -0.2) is 15.0 Å². The van der Waals surface area contributed by atoms with Crippen LogP contribution in [0.4, 0.5) is 0 Å². The van der Waals surface area contributed by atoms with Gasteiger partial charge in [0, 0.05) is 18.9 Å². The standard InChI is InChI=1S/C12H16N4/c1-9-15-11(12(8-13)16-9)3-2-10-4-6-14-7-5-10/h4-7H,2-3,8,13H2,1H3,(H,15,16). The summed E-state index contributed by atoms with van der Waals surface area (Å²) in [4.78, 5) is 11.6. The van der Waals surface area contributed by atoms with Gasteiger partial charge in [-0.05, 0) is 37.5 Å². The van der Waals surface area contributed by atoms with E-state index >= 15 is 0 Å². The lowest BCUT2D eigenvalue weighted by atomic mass is 10.1. The molecule has 4 heteroatoms. The first-order valence-electron chi connectivity index (χ1n) is 5.43. The van der Waals surface area contributed by atoms with Crippen molar-refractivity contribution in [3.8, 4) is 0 Å². The summed E-state index contributed by atoms with van der Waals surface area (Å²) >= 11 is 0. The van der Waals surface area contributed by atoms with Crippen molar-refractivity contribution in [2.24, 2.45) is 5.73 Å². The highest BCUT2D eigenvalue weighted by Gasteiger charge is 2.06. The van der Waals surface area contributed by atoms with Crippen LogP contribution in [0.25, 0.3) is 0 Å². The SMILES string of the molecule is Cc1nc(CCc2ccncc2)c(CN)[nH]1. The molecule has 0 unspecified atom stereocenters. The second-order valence-electron chi connectivity index (χ2n) is 3.81. The molecule has 0 amide bonds. The van der Waals surface area contributed by atoms with Crippen molar-refractivity contribution in [3.05, 3.63) is 47.3 Å². The Morgan fingerprint density at radius 1 is 1.25 bits per heavy atom. The molecule has 0 aromatic carbocycles. The molecule has 3 N–H and O–H groups in total. The normalized spacial score (nSPS) is 10.6. The first-order chi connectivity index (χ1) is 7.79. The highest BCUT2D eigenvalue weighted by molar-refractivity contribution is 5.17. The topological polar surface area (TPSA) is 67.6 Å². The maximum atomic E-state index is 5.65. The summed E-state index contributed by atoms with van der Waals surface area (Å²) in [6.07, 6.45) is 5.52. The van der Waals surface area contributed by atoms with E-state index in [1.807, 2.05) is 31.5 Å². The molecule has 0 atom stereocenters. The smallest absolute Gasteiger partial charge is 0.103 e. The fourth-order valence-electron chi connectivity index (χ4n) is 1.78. The molecule has 0 fully saturated rings. The first-order valence-corrected chi connectivity index (χ1v) is 5.43. The third-order valence-electron chi connectivity index (χ3n) is 2.59. The number of hydrogen-bond donors (Lipinski definition) is 2. The molecule has 4 nitrogen and oxygen atoms in total. The van der Waals surface area contributed by atoms with Crippen LogP contribution in [0.5, 0.6) is 0 Å². The summed E-state index contributed by atoms with van der Waals surface area (Å²) in [6, 6.07) is 4.06. The lowest BCUT2D eigenvalue weighted by Gasteiger charge is -2.00. The van der Waals surface area contributed by atoms with Crippen LogP contribution in [0.3, 0.4) is 0 Å². The summed E-state index contributed by atoms with van der Waals surface area (Å²) in [5.41, 5.74) is 9.06. The van der Waals surface area contributed by atoms with Gasteiger partial charge >= 0.3 is 0 Å². The van der Waals surface area contributed by atoms with E-state index in [1.165, 1.54) is 5.56 Å². The van der Waals surface area contributed by atoms with Gasteiger partial charge in [0.05, 0.1) is 11.4 Å². The second-order valence-corrected chi connectivity index (χ2v) is 3.81. The molecule has 0 aliphatic heterocycles. The molecule has 0 saturated carbocycles. The Balaban J connectivity index is 2.04. The highest BCUT2D eigenvalue weighted by Crippen LogP contribution is 2.09. The Labute approximate surface area is 94.9 Å². The van der Waals surface area contributed by atoms with Crippen LogP contribution in [0, 0.1) is 6.92 Å². The zero-order valence-corrected chi connectivity index (χ0v) is 9.40. The Kier molecular flexibility index (Phi) is 3.31. The van der Waals surface area contributed by atoms with Gasteiger partial charge in [-0.1, -0.05) is 0 Å². The third-order valence-corrected chi connectivity index (χ3v) is 2.59. The number of aryl methyl sites for hydroxylation is 3. The minimum absolute atomic E-state index is 0.520. The summed E-state index contributed by atoms with van der Waals surface area (Å²) in [5.74, 6) is 0.935. The van der Waals surface area contributed by atoms with Crippen molar-refractivity contribution in [1.82, 2.24) is 15.0 Å². The molecule has 0 radical (unpaired) electrons. The molecule has 0 saturated heterocycles. The Bertz CT molecular complexity index is 447. The first kappa shape index (κ1) is 10.8. The number of H-pyrrole nitrogens is 1. The highest BCUT2D eigenvalue weighted by atomic mass is 14.9. The van der Waals surface area contributed by atoms with Crippen LogP contribution in [0.1, 0.15) is 22.8 Å². The second kappa shape index (κ2) is 4.90. The lowest BCUT2D eigenvalue weighted by Crippen LogP contribution is -2.02. The van der Waals surface area contributed by atoms with E-state index in [4.69, 9.17) is 5.73 Å². The minimum atomic E-state index is 0.520. The average Bonchev–Trinajstić information content (AvgIpc) is 2.68.